The van der Waals surface area contributed by atoms with Crippen LogP contribution in [0.3, 0.4) is 0 Å². The zero-order chi connectivity index (χ0) is 17.2. The molecule has 3 atom stereocenters. The zero-order valence-corrected chi connectivity index (χ0v) is 15.1. The SMILES string of the molecule is CO[C@H]1CCN(Cc2cnn(C)c2)[C@@H]2CN(Cc3cccnc3)C[C@H]12. The minimum absolute atomic E-state index is 0.369. The molecule has 6 heteroatoms. The Kier molecular flexibility index (Phi) is 4.83. The van der Waals surface area contributed by atoms with Crippen LogP contribution in [-0.4, -0.2) is 63.5 Å². The van der Waals surface area contributed by atoms with Crippen LogP contribution in [0.4, 0.5) is 0 Å². The van der Waals surface area contributed by atoms with Crippen molar-refractivity contribution in [2.24, 2.45) is 13.0 Å². The number of hydrogen-bond acceptors (Lipinski definition) is 5. The van der Waals surface area contributed by atoms with Crippen molar-refractivity contribution in [2.45, 2.75) is 31.7 Å². The van der Waals surface area contributed by atoms with E-state index in [-0.39, 0.29) is 0 Å². The third-order valence-electron chi connectivity index (χ3n) is 5.63. The first-order valence-electron chi connectivity index (χ1n) is 9.08. The molecule has 6 nitrogen and oxygen atoms in total. The van der Waals surface area contributed by atoms with E-state index in [0.29, 0.717) is 18.1 Å². The van der Waals surface area contributed by atoms with Crippen LogP contribution in [-0.2, 0) is 24.9 Å². The largest absolute Gasteiger partial charge is 0.381 e. The Hall–Kier alpha value is -1.76. The number of fused-ring (bicyclic) bond motifs is 1. The summed E-state index contributed by atoms with van der Waals surface area (Å²) in [5.41, 5.74) is 2.58. The van der Waals surface area contributed by atoms with E-state index in [1.807, 2.05) is 43.5 Å². The molecular weight excluding hydrogens is 314 g/mol. The van der Waals surface area contributed by atoms with Gasteiger partial charge in [0.25, 0.3) is 0 Å². The molecule has 4 rings (SSSR count). The molecule has 0 N–H and O–H groups in total. The smallest absolute Gasteiger partial charge is 0.0639 e. The van der Waals surface area contributed by atoms with Crippen molar-refractivity contribution in [2.75, 3.05) is 26.7 Å². The van der Waals surface area contributed by atoms with Crippen LogP contribution in [0.25, 0.3) is 0 Å². The van der Waals surface area contributed by atoms with Crippen LogP contribution in [0.5, 0.6) is 0 Å². The second-order valence-electron chi connectivity index (χ2n) is 7.34. The summed E-state index contributed by atoms with van der Waals surface area (Å²) in [7, 11) is 3.84. The molecule has 0 radical (unpaired) electrons. The summed E-state index contributed by atoms with van der Waals surface area (Å²) in [6.45, 7) is 5.24. The number of hydrogen-bond donors (Lipinski definition) is 0. The molecule has 134 valence electrons. The van der Waals surface area contributed by atoms with E-state index in [1.54, 1.807) is 0 Å². The second-order valence-corrected chi connectivity index (χ2v) is 7.34. The maximum atomic E-state index is 5.82. The Morgan fingerprint density at radius 2 is 2.12 bits per heavy atom. The Morgan fingerprint density at radius 3 is 2.84 bits per heavy atom. The zero-order valence-electron chi connectivity index (χ0n) is 15.1. The highest BCUT2D eigenvalue weighted by Gasteiger charge is 2.44. The van der Waals surface area contributed by atoms with Crippen molar-refractivity contribution in [3.8, 4) is 0 Å². The van der Waals surface area contributed by atoms with Crippen molar-refractivity contribution in [3.63, 3.8) is 0 Å². The van der Waals surface area contributed by atoms with Gasteiger partial charge in [-0.1, -0.05) is 6.07 Å². The molecule has 25 heavy (non-hydrogen) atoms. The van der Waals surface area contributed by atoms with E-state index in [9.17, 15) is 0 Å². The molecule has 0 saturated carbocycles. The van der Waals surface area contributed by atoms with Crippen molar-refractivity contribution in [1.82, 2.24) is 24.6 Å². The number of rotatable bonds is 5. The van der Waals surface area contributed by atoms with E-state index in [2.05, 4.69) is 32.1 Å². The average Bonchev–Trinajstić information content (AvgIpc) is 3.22. The molecule has 2 aliphatic rings. The van der Waals surface area contributed by atoms with Crippen molar-refractivity contribution < 1.29 is 4.74 Å². The summed E-state index contributed by atoms with van der Waals surface area (Å²) in [5, 5.41) is 4.32. The first-order chi connectivity index (χ1) is 12.2. The molecular formula is C19H27N5O. The lowest BCUT2D eigenvalue weighted by Gasteiger charge is -2.41. The highest BCUT2D eigenvalue weighted by Crippen LogP contribution is 2.34. The Morgan fingerprint density at radius 1 is 1.20 bits per heavy atom. The number of aryl methyl sites for hydroxylation is 1. The van der Waals surface area contributed by atoms with Gasteiger partial charge in [-0.25, -0.2) is 0 Å². The normalized spacial score (nSPS) is 27.5. The number of ether oxygens (including phenoxy) is 1. The standard InChI is InChI=1S/C19H27N5O/c1-22-10-16(9-21-22)12-24-7-5-19(25-2)17-13-23(14-18(17)24)11-15-4-3-6-20-8-15/h3-4,6,8-10,17-19H,5,7,11-14H2,1-2H3/t17-,18+,19-/m0/s1. The van der Waals surface area contributed by atoms with Gasteiger partial charge in [-0.15, -0.1) is 0 Å². The van der Waals surface area contributed by atoms with Crippen LogP contribution < -0.4 is 0 Å². The topological polar surface area (TPSA) is 46.4 Å². The van der Waals surface area contributed by atoms with Gasteiger partial charge in [0, 0.05) is 83.0 Å². The van der Waals surface area contributed by atoms with Crippen LogP contribution >= 0.6 is 0 Å². The van der Waals surface area contributed by atoms with E-state index < -0.39 is 0 Å². The molecule has 2 saturated heterocycles. The molecule has 4 heterocycles. The maximum Gasteiger partial charge on any atom is 0.0639 e. The van der Waals surface area contributed by atoms with Crippen molar-refractivity contribution in [1.29, 1.82) is 0 Å². The number of likely N-dealkylation sites (tertiary alicyclic amines) is 2. The highest BCUT2D eigenvalue weighted by molar-refractivity contribution is 5.11. The summed E-state index contributed by atoms with van der Waals surface area (Å²) in [4.78, 5) is 9.43. The van der Waals surface area contributed by atoms with Gasteiger partial charge in [-0.3, -0.25) is 19.5 Å². The number of aromatic nitrogens is 3. The lowest BCUT2D eigenvalue weighted by Crippen LogP contribution is -2.50. The van der Waals surface area contributed by atoms with Gasteiger partial charge in [-0.2, -0.15) is 5.10 Å². The van der Waals surface area contributed by atoms with E-state index in [1.165, 1.54) is 11.1 Å². The number of methoxy groups -OCH3 is 1. The van der Waals surface area contributed by atoms with Crippen LogP contribution in [0.2, 0.25) is 0 Å². The molecule has 0 spiro atoms. The van der Waals surface area contributed by atoms with Crippen molar-refractivity contribution in [3.05, 3.63) is 48.0 Å². The van der Waals surface area contributed by atoms with Gasteiger partial charge in [0.2, 0.25) is 0 Å². The first-order valence-corrected chi connectivity index (χ1v) is 9.08. The lowest BCUT2D eigenvalue weighted by atomic mass is 9.89. The summed E-state index contributed by atoms with van der Waals surface area (Å²) in [5.74, 6) is 0.576. The summed E-state index contributed by atoms with van der Waals surface area (Å²) >= 11 is 0. The Labute approximate surface area is 149 Å². The van der Waals surface area contributed by atoms with Crippen LogP contribution in [0.15, 0.2) is 36.9 Å². The van der Waals surface area contributed by atoms with E-state index >= 15 is 0 Å². The number of pyridine rings is 1. The minimum atomic E-state index is 0.369. The van der Waals surface area contributed by atoms with Gasteiger partial charge < -0.3 is 4.74 Å². The van der Waals surface area contributed by atoms with E-state index in [4.69, 9.17) is 4.74 Å². The lowest BCUT2D eigenvalue weighted by molar-refractivity contribution is -0.0245. The number of piperidine rings is 1. The molecule has 0 aliphatic carbocycles. The Bertz CT molecular complexity index is 688. The number of nitrogens with zero attached hydrogens (tertiary/aromatic N) is 5. The highest BCUT2D eigenvalue weighted by atomic mass is 16.5. The fourth-order valence-electron chi connectivity index (χ4n) is 4.47. The fraction of sp³-hybridized carbons (Fsp3) is 0.579. The van der Waals surface area contributed by atoms with Gasteiger partial charge in [0.15, 0.2) is 0 Å². The molecule has 2 fully saturated rings. The molecule has 0 bridgehead atoms. The summed E-state index contributed by atoms with van der Waals surface area (Å²) in [6, 6.07) is 4.73. The van der Waals surface area contributed by atoms with Crippen LogP contribution in [0.1, 0.15) is 17.5 Å². The predicted octanol–water partition coefficient (Wildman–Crippen LogP) is 1.54. The van der Waals surface area contributed by atoms with Gasteiger partial charge in [0.1, 0.15) is 0 Å². The van der Waals surface area contributed by atoms with Gasteiger partial charge >= 0.3 is 0 Å². The summed E-state index contributed by atoms with van der Waals surface area (Å²) in [6.07, 6.45) is 9.40. The first kappa shape index (κ1) is 16.7. The third-order valence-corrected chi connectivity index (χ3v) is 5.63. The van der Waals surface area contributed by atoms with Crippen molar-refractivity contribution >= 4 is 0 Å². The average molecular weight is 341 g/mol. The fourth-order valence-corrected chi connectivity index (χ4v) is 4.47. The third kappa shape index (κ3) is 3.61. The maximum absolute atomic E-state index is 5.82. The molecule has 2 aromatic heterocycles. The second kappa shape index (κ2) is 7.23. The van der Waals surface area contributed by atoms with E-state index in [0.717, 1.165) is 39.1 Å². The molecule has 2 aromatic rings. The molecule has 0 aromatic carbocycles. The molecule has 0 unspecified atom stereocenters. The minimum Gasteiger partial charge on any atom is -0.381 e. The van der Waals surface area contributed by atoms with Crippen LogP contribution in [0, 0.1) is 5.92 Å². The molecule has 0 amide bonds. The summed E-state index contributed by atoms with van der Waals surface area (Å²) < 4.78 is 7.71. The monoisotopic (exact) mass is 341 g/mol. The quantitative estimate of drug-likeness (QED) is 0.825. The Balaban J connectivity index is 1.47. The molecule has 2 aliphatic heterocycles. The van der Waals surface area contributed by atoms with Gasteiger partial charge in [-0.05, 0) is 18.1 Å². The van der Waals surface area contributed by atoms with Gasteiger partial charge in [0.05, 0.1) is 12.3 Å². The predicted molar refractivity (Wildman–Crippen MR) is 95.8 cm³/mol.